The molecule has 0 fully saturated rings. The predicted octanol–water partition coefficient (Wildman–Crippen LogP) is 1.98. The number of hydrogen-bond donors (Lipinski definition) is 2. The Labute approximate surface area is 113 Å². The smallest absolute Gasteiger partial charge is 0.164 e. The summed E-state index contributed by atoms with van der Waals surface area (Å²) < 4.78 is 1.81. The van der Waals surface area contributed by atoms with Gasteiger partial charge in [0.25, 0.3) is 0 Å². The zero-order chi connectivity index (χ0) is 14.0. The average Bonchev–Trinajstić information content (AvgIpc) is 2.81. The maximum atomic E-state index is 7.67. The lowest BCUT2D eigenvalue weighted by Crippen LogP contribution is -2.18. The van der Waals surface area contributed by atoms with Crippen molar-refractivity contribution >= 4 is 5.84 Å². The SMILES string of the molecule is CCc1cc(CC)n(-c2nc(C)ccc2C(=N)N)n1. The minimum atomic E-state index is 0.0121. The van der Waals surface area contributed by atoms with Crippen LogP contribution >= 0.6 is 0 Å². The van der Waals surface area contributed by atoms with Gasteiger partial charge in [0.1, 0.15) is 5.84 Å². The number of pyridine rings is 1. The van der Waals surface area contributed by atoms with Crippen LogP contribution in [0, 0.1) is 12.3 Å². The van der Waals surface area contributed by atoms with Gasteiger partial charge >= 0.3 is 0 Å². The van der Waals surface area contributed by atoms with Crippen LogP contribution in [0.15, 0.2) is 18.2 Å². The van der Waals surface area contributed by atoms with E-state index in [1.165, 1.54) is 0 Å². The van der Waals surface area contributed by atoms with Gasteiger partial charge < -0.3 is 5.73 Å². The third-order valence-electron chi connectivity index (χ3n) is 3.06. The maximum absolute atomic E-state index is 7.67. The van der Waals surface area contributed by atoms with Crippen molar-refractivity contribution in [2.45, 2.75) is 33.6 Å². The molecule has 2 heterocycles. The van der Waals surface area contributed by atoms with Crippen LogP contribution in [-0.2, 0) is 12.8 Å². The van der Waals surface area contributed by atoms with Crippen LogP contribution in [0.4, 0.5) is 0 Å². The molecule has 0 aliphatic carbocycles. The average molecular weight is 257 g/mol. The normalized spacial score (nSPS) is 10.7. The Bertz CT molecular complexity index is 612. The number of nitrogens with one attached hydrogen (secondary N) is 1. The fourth-order valence-electron chi connectivity index (χ4n) is 2.00. The number of aryl methyl sites for hydroxylation is 3. The molecule has 0 aromatic carbocycles. The number of nitrogens with zero attached hydrogens (tertiary/aromatic N) is 3. The molecule has 2 rings (SSSR count). The van der Waals surface area contributed by atoms with Crippen molar-refractivity contribution in [3.8, 4) is 5.82 Å². The van der Waals surface area contributed by atoms with Crippen molar-refractivity contribution in [2.75, 3.05) is 0 Å². The van der Waals surface area contributed by atoms with Crippen LogP contribution < -0.4 is 5.73 Å². The Kier molecular flexibility index (Phi) is 3.64. The summed E-state index contributed by atoms with van der Waals surface area (Å²) in [5.74, 6) is 0.655. The Hall–Kier alpha value is -2.17. The zero-order valence-corrected chi connectivity index (χ0v) is 11.6. The second kappa shape index (κ2) is 5.22. The molecule has 0 amide bonds. The zero-order valence-electron chi connectivity index (χ0n) is 11.6. The van der Waals surface area contributed by atoms with Crippen molar-refractivity contribution in [3.63, 3.8) is 0 Å². The van der Waals surface area contributed by atoms with Crippen LogP contribution in [0.2, 0.25) is 0 Å². The van der Waals surface area contributed by atoms with Gasteiger partial charge in [0.15, 0.2) is 5.82 Å². The number of amidine groups is 1. The van der Waals surface area contributed by atoms with E-state index in [1.807, 2.05) is 23.7 Å². The number of hydrogen-bond acceptors (Lipinski definition) is 3. The van der Waals surface area contributed by atoms with E-state index in [-0.39, 0.29) is 5.84 Å². The number of nitrogens with two attached hydrogens (primary N) is 1. The minimum Gasteiger partial charge on any atom is -0.384 e. The maximum Gasteiger partial charge on any atom is 0.164 e. The monoisotopic (exact) mass is 257 g/mol. The van der Waals surface area contributed by atoms with Gasteiger partial charge in [-0.2, -0.15) is 5.10 Å². The van der Waals surface area contributed by atoms with Crippen molar-refractivity contribution < 1.29 is 0 Å². The fraction of sp³-hybridized carbons (Fsp3) is 0.357. The molecule has 0 bridgehead atoms. The van der Waals surface area contributed by atoms with E-state index in [9.17, 15) is 0 Å². The van der Waals surface area contributed by atoms with Crippen LogP contribution in [0.3, 0.4) is 0 Å². The van der Waals surface area contributed by atoms with Gasteiger partial charge in [-0.1, -0.05) is 13.8 Å². The topological polar surface area (TPSA) is 80.6 Å². The van der Waals surface area contributed by atoms with E-state index >= 15 is 0 Å². The van der Waals surface area contributed by atoms with Gasteiger partial charge in [-0.15, -0.1) is 0 Å². The summed E-state index contributed by atoms with van der Waals surface area (Å²) in [6, 6.07) is 5.76. The van der Waals surface area contributed by atoms with Gasteiger partial charge in [0, 0.05) is 11.4 Å². The summed E-state index contributed by atoms with van der Waals surface area (Å²) in [5, 5.41) is 12.2. The molecule has 0 spiro atoms. The Morgan fingerprint density at radius 1 is 1.32 bits per heavy atom. The molecule has 100 valence electrons. The largest absolute Gasteiger partial charge is 0.384 e. The first-order valence-electron chi connectivity index (χ1n) is 6.47. The van der Waals surface area contributed by atoms with E-state index in [0.29, 0.717) is 11.4 Å². The summed E-state index contributed by atoms with van der Waals surface area (Å²) in [6.45, 7) is 6.07. The van der Waals surface area contributed by atoms with Crippen LogP contribution in [0.1, 0.15) is 36.5 Å². The first-order chi connectivity index (χ1) is 9.06. The third-order valence-corrected chi connectivity index (χ3v) is 3.06. The highest BCUT2D eigenvalue weighted by molar-refractivity contribution is 5.97. The van der Waals surface area contributed by atoms with Gasteiger partial charge in [-0.25, -0.2) is 9.67 Å². The molecule has 5 nitrogen and oxygen atoms in total. The standard InChI is InChI=1S/C14H19N5/c1-4-10-8-11(5-2)19(18-10)14-12(13(15)16)7-6-9(3)17-14/h6-8H,4-5H2,1-3H3,(H3,15,16). The first kappa shape index (κ1) is 13.3. The molecule has 2 aromatic rings. The quantitative estimate of drug-likeness (QED) is 0.649. The molecule has 0 aliphatic rings. The van der Waals surface area contributed by atoms with Gasteiger partial charge in [-0.3, -0.25) is 5.41 Å². The molecule has 0 atom stereocenters. The fourth-order valence-corrected chi connectivity index (χ4v) is 2.00. The number of rotatable bonds is 4. The number of aromatic nitrogens is 3. The summed E-state index contributed by atoms with van der Waals surface area (Å²) in [6.07, 6.45) is 1.74. The van der Waals surface area contributed by atoms with Crippen molar-refractivity contribution in [1.82, 2.24) is 14.8 Å². The van der Waals surface area contributed by atoms with E-state index in [2.05, 4.69) is 30.0 Å². The lowest BCUT2D eigenvalue weighted by Gasteiger charge is -2.10. The summed E-state index contributed by atoms with van der Waals surface area (Å²) in [4.78, 5) is 4.50. The molecule has 0 unspecified atom stereocenters. The molecule has 0 radical (unpaired) electrons. The highest BCUT2D eigenvalue weighted by atomic mass is 15.3. The minimum absolute atomic E-state index is 0.0121. The molecule has 19 heavy (non-hydrogen) atoms. The molecule has 3 N–H and O–H groups in total. The lowest BCUT2D eigenvalue weighted by molar-refractivity contribution is 0.767. The van der Waals surface area contributed by atoms with E-state index < -0.39 is 0 Å². The molecule has 0 saturated heterocycles. The van der Waals surface area contributed by atoms with Crippen molar-refractivity contribution in [1.29, 1.82) is 5.41 Å². The molecular weight excluding hydrogens is 238 g/mol. The lowest BCUT2D eigenvalue weighted by atomic mass is 10.2. The first-order valence-corrected chi connectivity index (χ1v) is 6.47. The van der Waals surface area contributed by atoms with Crippen LogP contribution in [-0.4, -0.2) is 20.6 Å². The van der Waals surface area contributed by atoms with Gasteiger partial charge in [0.05, 0.1) is 11.3 Å². The second-order valence-electron chi connectivity index (χ2n) is 4.48. The predicted molar refractivity (Wildman–Crippen MR) is 75.9 cm³/mol. The molecule has 2 aromatic heterocycles. The Balaban J connectivity index is 2.66. The molecule has 0 aliphatic heterocycles. The van der Waals surface area contributed by atoms with Gasteiger partial charge in [0.2, 0.25) is 0 Å². The number of nitrogen functional groups attached to an aromatic ring is 1. The summed E-state index contributed by atoms with van der Waals surface area (Å²) in [7, 11) is 0. The van der Waals surface area contributed by atoms with E-state index in [0.717, 1.165) is 29.9 Å². The van der Waals surface area contributed by atoms with Crippen LogP contribution in [0.25, 0.3) is 5.82 Å². The third kappa shape index (κ3) is 2.50. The summed E-state index contributed by atoms with van der Waals surface area (Å²) in [5.41, 5.74) is 9.24. The van der Waals surface area contributed by atoms with Crippen molar-refractivity contribution in [3.05, 3.63) is 40.8 Å². The van der Waals surface area contributed by atoms with Crippen molar-refractivity contribution in [2.24, 2.45) is 5.73 Å². The highest BCUT2D eigenvalue weighted by Gasteiger charge is 2.14. The molecule has 5 heteroatoms. The van der Waals surface area contributed by atoms with Crippen LogP contribution in [0.5, 0.6) is 0 Å². The van der Waals surface area contributed by atoms with E-state index in [4.69, 9.17) is 11.1 Å². The Morgan fingerprint density at radius 2 is 2.05 bits per heavy atom. The van der Waals surface area contributed by atoms with Gasteiger partial charge in [-0.05, 0) is 38.0 Å². The highest BCUT2D eigenvalue weighted by Crippen LogP contribution is 2.16. The second-order valence-corrected chi connectivity index (χ2v) is 4.48. The Morgan fingerprint density at radius 3 is 2.63 bits per heavy atom. The molecule has 0 saturated carbocycles. The summed E-state index contributed by atoms with van der Waals surface area (Å²) >= 11 is 0. The molecular formula is C14H19N5. The van der Waals surface area contributed by atoms with E-state index in [1.54, 1.807) is 0 Å².